The standard InChI is InChI=1S/C21H15Cl2NO4/c22-15-3-7-17(8-4-15)24-21(26)14-1-9-19(10-2-14)28-20(25)13-27-18-11-5-16(23)6-12-18/h1-12H,13H2,(H,24,26). The third-order valence-electron chi connectivity index (χ3n) is 3.62. The number of ether oxygens (including phenoxy) is 2. The van der Waals surface area contributed by atoms with Crippen molar-refractivity contribution in [2.24, 2.45) is 0 Å². The molecule has 7 heteroatoms. The summed E-state index contributed by atoms with van der Waals surface area (Å²) >= 11 is 11.6. The van der Waals surface area contributed by atoms with E-state index in [4.69, 9.17) is 32.7 Å². The zero-order valence-corrected chi connectivity index (χ0v) is 16.0. The number of halogens is 2. The Balaban J connectivity index is 1.51. The average Bonchev–Trinajstić information content (AvgIpc) is 2.70. The predicted molar refractivity (Wildman–Crippen MR) is 108 cm³/mol. The topological polar surface area (TPSA) is 64.6 Å². The Hall–Kier alpha value is -3.02. The molecule has 5 nitrogen and oxygen atoms in total. The molecule has 0 aliphatic carbocycles. The van der Waals surface area contributed by atoms with Gasteiger partial charge in [0.05, 0.1) is 0 Å². The van der Waals surface area contributed by atoms with Crippen LogP contribution in [0.2, 0.25) is 10.0 Å². The summed E-state index contributed by atoms with van der Waals surface area (Å²) < 4.78 is 10.5. The van der Waals surface area contributed by atoms with E-state index in [9.17, 15) is 9.59 Å². The van der Waals surface area contributed by atoms with Crippen molar-refractivity contribution in [2.45, 2.75) is 0 Å². The predicted octanol–water partition coefficient (Wildman–Crippen LogP) is 5.23. The molecule has 0 radical (unpaired) electrons. The lowest BCUT2D eigenvalue weighted by Gasteiger charge is -2.08. The van der Waals surface area contributed by atoms with E-state index in [0.717, 1.165) is 0 Å². The van der Waals surface area contributed by atoms with Gasteiger partial charge in [0, 0.05) is 21.3 Å². The molecule has 1 N–H and O–H groups in total. The van der Waals surface area contributed by atoms with Gasteiger partial charge in [-0.15, -0.1) is 0 Å². The minimum atomic E-state index is -0.562. The van der Waals surface area contributed by atoms with Crippen LogP contribution < -0.4 is 14.8 Å². The third-order valence-corrected chi connectivity index (χ3v) is 4.12. The Morgan fingerprint density at radius 2 is 1.29 bits per heavy atom. The van der Waals surface area contributed by atoms with Crippen molar-refractivity contribution >= 4 is 40.8 Å². The van der Waals surface area contributed by atoms with Gasteiger partial charge in [-0.2, -0.15) is 0 Å². The van der Waals surface area contributed by atoms with Gasteiger partial charge in [-0.3, -0.25) is 4.79 Å². The van der Waals surface area contributed by atoms with Crippen LogP contribution in [0.5, 0.6) is 11.5 Å². The molecule has 0 bridgehead atoms. The summed E-state index contributed by atoms with van der Waals surface area (Å²) in [5.41, 5.74) is 1.05. The number of hydrogen-bond donors (Lipinski definition) is 1. The van der Waals surface area contributed by atoms with Crippen LogP contribution in [0.1, 0.15) is 10.4 Å². The van der Waals surface area contributed by atoms with E-state index in [1.54, 1.807) is 60.7 Å². The van der Waals surface area contributed by atoms with E-state index in [-0.39, 0.29) is 12.5 Å². The molecule has 0 aromatic heterocycles. The van der Waals surface area contributed by atoms with E-state index in [1.807, 2.05) is 0 Å². The number of benzene rings is 3. The zero-order valence-electron chi connectivity index (χ0n) is 14.5. The van der Waals surface area contributed by atoms with Crippen molar-refractivity contribution < 1.29 is 19.1 Å². The Labute approximate surface area is 171 Å². The van der Waals surface area contributed by atoms with Crippen molar-refractivity contribution in [3.8, 4) is 11.5 Å². The molecule has 0 saturated heterocycles. The smallest absolute Gasteiger partial charge is 0.349 e. The monoisotopic (exact) mass is 415 g/mol. The van der Waals surface area contributed by atoms with Crippen LogP contribution in [0.25, 0.3) is 0 Å². The lowest BCUT2D eigenvalue weighted by molar-refractivity contribution is -0.136. The first-order valence-electron chi connectivity index (χ1n) is 8.25. The molecule has 0 aliphatic rings. The molecule has 0 unspecified atom stereocenters. The Kier molecular flexibility index (Phi) is 6.53. The SMILES string of the molecule is O=C(COc1ccc(Cl)cc1)Oc1ccc(C(=O)Nc2ccc(Cl)cc2)cc1. The molecule has 0 saturated carbocycles. The van der Waals surface area contributed by atoms with Crippen LogP contribution in [0.4, 0.5) is 5.69 Å². The van der Waals surface area contributed by atoms with Crippen LogP contribution in [0, 0.1) is 0 Å². The lowest BCUT2D eigenvalue weighted by Crippen LogP contribution is -2.18. The maximum absolute atomic E-state index is 12.2. The molecule has 3 aromatic rings. The van der Waals surface area contributed by atoms with E-state index >= 15 is 0 Å². The number of esters is 1. The third kappa shape index (κ3) is 5.74. The van der Waals surface area contributed by atoms with Crippen molar-refractivity contribution in [3.05, 3.63) is 88.4 Å². The van der Waals surface area contributed by atoms with Gasteiger partial charge in [-0.05, 0) is 72.8 Å². The number of carbonyl (C=O) groups is 2. The maximum atomic E-state index is 12.2. The Morgan fingerprint density at radius 1 is 0.750 bits per heavy atom. The highest BCUT2D eigenvalue weighted by Gasteiger charge is 2.09. The number of anilines is 1. The molecule has 0 heterocycles. The maximum Gasteiger partial charge on any atom is 0.349 e. The number of rotatable bonds is 6. The van der Waals surface area contributed by atoms with Crippen LogP contribution >= 0.6 is 23.2 Å². The highest BCUT2D eigenvalue weighted by molar-refractivity contribution is 6.30. The van der Waals surface area contributed by atoms with Crippen molar-refractivity contribution in [1.29, 1.82) is 0 Å². The number of hydrogen-bond acceptors (Lipinski definition) is 4. The van der Waals surface area contributed by atoms with E-state index in [0.29, 0.717) is 32.8 Å². The van der Waals surface area contributed by atoms with Gasteiger partial charge in [-0.25, -0.2) is 4.79 Å². The molecule has 28 heavy (non-hydrogen) atoms. The quantitative estimate of drug-likeness (QED) is 0.442. The molecule has 0 atom stereocenters. The van der Waals surface area contributed by atoms with Gasteiger partial charge in [0.15, 0.2) is 6.61 Å². The van der Waals surface area contributed by atoms with Gasteiger partial charge in [-0.1, -0.05) is 23.2 Å². The largest absolute Gasteiger partial charge is 0.482 e. The minimum Gasteiger partial charge on any atom is -0.482 e. The van der Waals surface area contributed by atoms with Crippen molar-refractivity contribution in [3.63, 3.8) is 0 Å². The fourth-order valence-electron chi connectivity index (χ4n) is 2.24. The summed E-state index contributed by atoms with van der Waals surface area (Å²) in [4.78, 5) is 24.1. The summed E-state index contributed by atoms with van der Waals surface area (Å²) in [7, 11) is 0. The highest BCUT2D eigenvalue weighted by atomic mass is 35.5. The van der Waals surface area contributed by atoms with E-state index in [2.05, 4.69) is 5.32 Å². The molecule has 142 valence electrons. The normalized spacial score (nSPS) is 10.2. The van der Waals surface area contributed by atoms with Crippen LogP contribution in [-0.2, 0) is 4.79 Å². The summed E-state index contributed by atoms with van der Waals surface area (Å²) in [5, 5.41) is 3.92. The lowest BCUT2D eigenvalue weighted by atomic mass is 10.2. The molecule has 0 aliphatic heterocycles. The van der Waals surface area contributed by atoms with Crippen LogP contribution in [0.15, 0.2) is 72.8 Å². The second-order valence-corrected chi connectivity index (χ2v) is 6.57. The van der Waals surface area contributed by atoms with Gasteiger partial charge < -0.3 is 14.8 Å². The Morgan fingerprint density at radius 3 is 1.89 bits per heavy atom. The molecule has 0 fully saturated rings. The summed E-state index contributed by atoms with van der Waals surface area (Å²) in [5.74, 6) is -0.0251. The van der Waals surface area contributed by atoms with Crippen molar-refractivity contribution in [2.75, 3.05) is 11.9 Å². The van der Waals surface area contributed by atoms with Gasteiger partial charge in [0.25, 0.3) is 5.91 Å². The summed E-state index contributed by atoms with van der Waals surface area (Å²) in [6.45, 7) is -0.250. The first-order valence-corrected chi connectivity index (χ1v) is 9.01. The molecule has 0 spiro atoms. The summed E-state index contributed by atoms with van der Waals surface area (Å²) in [6.07, 6.45) is 0. The molecular weight excluding hydrogens is 401 g/mol. The molecule has 1 amide bonds. The molecule has 3 aromatic carbocycles. The van der Waals surface area contributed by atoms with Crippen molar-refractivity contribution in [1.82, 2.24) is 0 Å². The number of carbonyl (C=O) groups excluding carboxylic acids is 2. The first kappa shape index (κ1) is 19.7. The van der Waals surface area contributed by atoms with Crippen LogP contribution in [-0.4, -0.2) is 18.5 Å². The van der Waals surface area contributed by atoms with Gasteiger partial charge in [0.1, 0.15) is 11.5 Å². The first-order chi connectivity index (χ1) is 13.5. The average molecular weight is 416 g/mol. The zero-order chi connectivity index (χ0) is 19.9. The number of amides is 1. The second kappa shape index (κ2) is 9.26. The fraction of sp³-hybridized carbons (Fsp3) is 0.0476. The fourth-order valence-corrected chi connectivity index (χ4v) is 2.50. The Bertz CT molecular complexity index is 955. The molecule has 3 rings (SSSR count). The highest BCUT2D eigenvalue weighted by Crippen LogP contribution is 2.18. The van der Waals surface area contributed by atoms with Crippen LogP contribution in [0.3, 0.4) is 0 Å². The molecular formula is C21H15Cl2NO4. The second-order valence-electron chi connectivity index (χ2n) is 5.70. The van der Waals surface area contributed by atoms with Gasteiger partial charge >= 0.3 is 5.97 Å². The summed E-state index contributed by atoms with van der Waals surface area (Å²) in [6, 6.07) is 19.6. The minimum absolute atomic E-state index is 0.250. The van der Waals surface area contributed by atoms with E-state index in [1.165, 1.54) is 12.1 Å². The van der Waals surface area contributed by atoms with E-state index < -0.39 is 5.97 Å². The number of nitrogens with one attached hydrogen (secondary N) is 1. The van der Waals surface area contributed by atoms with Gasteiger partial charge in [0.2, 0.25) is 0 Å².